The Morgan fingerprint density at radius 2 is 1.50 bits per heavy atom. The lowest BCUT2D eigenvalue weighted by Gasteiger charge is -2.41. The van der Waals surface area contributed by atoms with Crippen LogP contribution in [0.2, 0.25) is 5.02 Å². The number of benzene rings is 4. The van der Waals surface area contributed by atoms with Crippen LogP contribution in [-0.2, 0) is 11.1 Å². The molecule has 0 amide bonds. The maximum atomic E-state index is 12.2. The lowest BCUT2D eigenvalue weighted by molar-refractivity contribution is -0.0114. The highest BCUT2D eigenvalue weighted by atomic mass is 35.5. The van der Waals surface area contributed by atoms with Gasteiger partial charge in [0.2, 0.25) is 0 Å². The number of hydrogen-bond acceptors (Lipinski definition) is 4. The topological polar surface area (TPSA) is 65.1 Å². The molecule has 0 radical (unpaired) electrons. The molecule has 5 nitrogen and oxygen atoms in total. The highest BCUT2D eigenvalue weighted by Crippen LogP contribution is 2.44. The predicted octanol–water partition coefficient (Wildman–Crippen LogP) is 7.51. The van der Waals surface area contributed by atoms with Gasteiger partial charge >= 0.3 is 0 Å². The third kappa shape index (κ3) is 4.87. The van der Waals surface area contributed by atoms with Gasteiger partial charge in [0.1, 0.15) is 17.2 Å². The van der Waals surface area contributed by atoms with Crippen molar-refractivity contribution in [3.05, 3.63) is 155 Å². The average molecular weight is 573 g/mol. The van der Waals surface area contributed by atoms with Crippen LogP contribution < -0.4 is 4.90 Å². The Hall–Kier alpha value is -4.37. The summed E-state index contributed by atoms with van der Waals surface area (Å²) in [5.74, 6) is 0. The first-order valence-corrected chi connectivity index (χ1v) is 14.7. The maximum Gasteiger partial charge on any atom is 0.121 e. The van der Waals surface area contributed by atoms with Crippen molar-refractivity contribution in [3.63, 3.8) is 0 Å². The van der Waals surface area contributed by atoms with Crippen LogP contribution in [0.25, 0.3) is 0 Å². The summed E-state index contributed by atoms with van der Waals surface area (Å²) >= 11 is 6.35. The third-order valence-corrected chi connectivity index (χ3v) is 9.06. The van der Waals surface area contributed by atoms with Gasteiger partial charge in [0.15, 0.2) is 0 Å². The van der Waals surface area contributed by atoms with Crippen molar-refractivity contribution in [2.75, 3.05) is 11.9 Å². The molecule has 42 heavy (non-hydrogen) atoms. The van der Waals surface area contributed by atoms with Crippen molar-refractivity contribution >= 4 is 17.3 Å². The van der Waals surface area contributed by atoms with Gasteiger partial charge in [-0.3, -0.25) is 0 Å². The molecule has 2 atom stereocenters. The van der Waals surface area contributed by atoms with Crippen LogP contribution in [0.15, 0.2) is 122 Å². The van der Waals surface area contributed by atoms with E-state index in [-0.39, 0.29) is 6.04 Å². The van der Waals surface area contributed by atoms with Crippen molar-refractivity contribution in [1.29, 1.82) is 5.26 Å². The SMILES string of the molecule is CN(c1ccc(C#N)c(Cl)c1)C1CCCC(O)(c2cn(C(c3ccccc3)(c3ccccc3)c3ccccc3)cn2)C1. The smallest absolute Gasteiger partial charge is 0.121 e. The first-order chi connectivity index (χ1) is 20.5. The monoisotopic (exact) mass is 572 g/mol. The van der Waals surface area contributed by atoms with E-state index in [4.69, 9.17) is 16.6 Å². The number of anilines is 1. The fraction of sp³-hybridized carbons (Fsp3) is 0.222. The second-order valence-electron chi connectivity index (χ2n) is 11.1. The van der Waals surface area contributed by atoms with E-state index in [1.165, 1.54) is 0 Å². The van der Waals surface area contributed by atoms with E-state index < -0.39 is 11.1 Å². The molecule has 1 heterocycles. The van der Waals surface area contributed by atoms with Gasteiger partial charge in [-0.2, -0.15) is 5.26 Å². The fourth-order valence-electron chi connectivity index (χ4n) is 6.54. The molecule has 4 aromatic carbocycles. The van der Waals surface area contributed by atoms with E-state index in [1.54, 1.807) is 6.07 Å². The molecule has 6 heteroatoms. The van der Waals surface area contributed by atoms with E-state index in [2.05, 4.69) is 88.3 Å². The van der Waals surface area contributed by atoms with Crippen LogP contribution in [0.4, 0.5) is 5.69 Å². The van der Waals surface area contributed by atoms with Crippen molar-refractivity contribution in [2.24, 2.45) is 0 Å². The van der Waals surface area contributed by atoms with Gasteiger partial charge in [0.05, 0.1) is 22.6 Å². The molecule has 1 aliphatic rings. The second kappa shape index (κ2) is 11.5. The zero-order chi connectivity index (χ0) is 29.2. The second-order valence-corrected chi connectivity index (χ2v) is 11.6. The third-order valence-electron chi connectivity index (χ3n) is 8.75. The normalized spacial score (nSPS) is 18.8. The number of aliphatic hydroxyl groups is 1. The molecule has 2 unspecified atom stereocenters. The van der Waals surface area contributed by atoms with Crippen LogP contribution in [0.1, 0.15) is 53.6 Å². The summed E-state index contributed by atoms with van der Waals surface area (Å²) < 4.78 is 2.16. The average Bonchev–Trinajstić information content (AvgIpc) is 3.54. The largest absolute Gasteiger partial charge is 0.383 e. The number of imidazole rings is 1. The predicted molar refractivity (Wildman–Crippen MR) is 168 cm³/mol. The zero-order valence-corrected chi connectivity index (χ0v) is 24.3. The molecule has 0 aliphatic heterocycles. The molecular formula is C36H33ClN4O. The van der Waals surface area contributed by atoms with Crippen molar-refractivity contribution < 1.29 is 5.11 Å². The highest BCUT2D eigenvalue weighted by Gasteiger charge is 2.43. The van der Waals surface area contributed by atoms with E-state index in [0.29, 0.717) is 29.1 Å². The molecule has 6 rings (SSSR count). The minimum atomic E-state index is -1.09. The number of aromatic nitrogens is 2. The summed E-state index contributed by atoms with van der Waals surface area (Å²) in [6.45, 7) is 0. The zero-order valence-electron chi connectivity index (χ0n) is 23.6. The van der Waals surface area contributed by atoms with Crippen LogP contribution in [0, 0.1) is 11.3 Å². The molecule has 0 saturated heterocycles. The Labute approximate surface area is 252 Å². The lowest BCUT2D eigenvalue weighted by atomic mass is 9.76. The molecular weight excluding hydrogens is 540 g/mol. The first-order valence-electron chi connectivity index (χ1n) is 14.3. The molecule has 1 fully saturated rings. The minimum absolute atomic E-state index is 0.0834. The van der Waals surface area contributed by atoms with Gasteiger partial charge in [-0.1, -0.05) is 103 Å². The Bertz CT molecular complexity index is 1600. The number of halogens is 1. The van der Waals surface area contributed by atoms with Gasteiger partial charge < -0.3 is 14.6 Å². The summed E-state index contributed by atoms with van der Waals surface area (Å²) in [6, 6.07) is 39.1. The number of nitrogens with zero attached hydrogens (tertiary/aromatic N) is 4. The number of nitriles is 1. The van der Waals surface area contributed by atoms with Gasteiger partial charge in [-0.25, -0.2) is 4.98 Å². The summed E-state index contributed by atoms with van der Waals surface area (Å²) in [6.07, 6.45) is 6.88. The molecule has 0 spiro atoms. The summed E-state index contributed by atoms with van der Waals surface area (Å²) in [7, 11) is 2.03. The van der Waals surface area contributed by atoms with E-state index in [1.807, 2.05) is 49.9 Å². The molecule has 1 aliphatic carbocycles. The molecule has 1 saturated carbocycles. The number of hydrogen-bond donors (Lipinski definition) is 1. The van der Waals surface area contributed by atoms with Crippen LogP contribution in [0.5, 0.6) is 0 Å². The molecule has 0 bridgehead atoms. The Morgan fingerprint density at radius 3 is 2.02 bits per heavy atom. The molecule has 5 aromatic rings. The van der Waals surface area contributed by atoms with Crippen LogP contribution >= 0.6 is 11.6 Å². The first kappa shape index (κ1) is 27.8. The standard InChI is InChI=1S/C36H33ClN4O/c1-40(31-20-19-27(24-38)33(37)22-31)32-18-11-21-35(42,23-32)34-25-41(26-39-34)36(28-12-5-2-6-13-28,29-14-7-3-8-15-29)30-16-9-4-10-17-30/h2-10,12-17,19-20,22,25-26,32,42H,11,18,21,23H2,1H3. The number of rotatable bonds is 7. The van der Waals surface area contributed by atoms with Crippen molar-refractivity contribution in [1.82, 2.24) is 9.55 Å². The summed E-state index contributed by atoms with van der Waals surface area (Å²) in [4.78, 5) is 7.06. The van der Waals surface area contributed by atoms with Gasteiger partial charge in [0, 0.05) is 31.4 Å². The molecule has 210 valence electrons. The van der Waals surface area contributed by atoms with Crippen LogP contribution in [0.3, 0.4) is 0 Å². The summed E-state index contributed by atoms with van der Waals surface area (Å²) in [5.41, 5.74) is 3.61. The van der Waals surface area contributed by atoms with Gasteiger partial charge in [0.25, 0.3) is 0 Å². The fourth-order valence-corrected chi connectivity index (χ4v) is 6.76. The molecule has 1 aromatic heterocycles. The minimum Gasteiger partial charge on any atom is -0.383 e. The van der Waals surface area contributed by atoms with E-state index >= 15 is 0 Å². The van der Waals surface area contributed by atoms with Gasteiger partial charge in [-0.15, -0.1) is 0 Å². The Kier molecular flexibility index (Phi) is 7.60. The highest BCUT2D eigenvalue weighted by molar-refractivity contribution is 6.32. The van der Waals surface area contributed by atoms with E-state index in [9.17, 15) is 10.4 Å². The van der Waals surface area contributed by atoms with Gasteiger partial charge in [-0.05, 0) is 54.2 Å². The summed E-state index contributed by atoms with van der Waals surface area (Å²) in [5, 5.41) is 21.9. The quantitative estimate of drug-likeness (QED) is 0.205. The maximum absolute atomic E-state index is 12.2. The van der Waals surface area contributed by atoms with Crippen molar-refractivity contribution in [3.8, 4) is 6.07 Å². The Morgan fingerprint density at radius 1 is 0.929 bits per heavy atom. The van der Waals surface area contributed by atoms with E-state index in [0.717, 1.165) is 35.2 Å². The lowest BCUT2D eigenvalue weighted by Crippen LogP contribution is -2.43. The Balaban J connectivity index is 1.41. The molecule has 1 N–H and O–H groups in total. The van der Waals surface area contributed by atoms with Crippen molar-refractivity contribution in [2.45, 2.75) is 42.9 Å². The van der Waals surface area contributed by atoms with Crippen LogP contribution in [-0.4, -0.2) is 27.7 Å².